The topological polar surface area (TPSA) is 38.9 Å². The van der Waals surface area contributed by atoms with Crippen molar-refractivity contribution in [1.82, 2.24) is 10.1 Å². The Morgan fingerprint density at radius 2 is 1.81 bits per heavy atom. The Balaban J connectivity index is 1.87. The molecule has 16 heavy (non-hydrogen) atoms. The van der Waals surface area contributed by atoms with Crippen LogP contribution in [0.2, 0.25) is 0 Å². The Hall–Kier alpha value is -1.64. The average molecular weight is 214 g/mol. The molecular formula is C13H14N2O. The highest BCUT2D eigenvalue weighted by atomic mass is 16.5. The van der Waals surface area contributed by atoms with Gasteiger partial charge in [0.1, 0.15) is 0 Å². The van der Waals surface area contributed by atoms with Crippen LogP contribution in [0.3, 0.4) is 0 Å². The van der Waals surface area contributed by atoms with Crippen LogP contribution in [0.25, 0.3) is 11.5 Å². The highest BCUT2D eigenvalue weighted by molar-refractivity contribution is 5.52. The van der Waals surface area contributed by atoms with Crippen molar-refractivity contribution in [2.45, 2.75) is 31.6 Å². The molecule has 1 heterocycles. The number of rotatable bonds is 2. The summed E-state index contributed by atoms with van der Waals surface area (Å²) in [6.07, 6.45) is 4.99. The van der Waals surface area contributed by atoms with E-state index in [2.05, 4.69) is 10.1 Å². The van der Waals surface area contributed by atoms with Crippen LogP contribution in [-0.4, -0.2) is 10.1 Å². The molecule has 3 heteroatoms. The van der Waals surface area contributed by atoms with Crippen LogP contribution in [0.1, 0.15) is 37.4 Å². The van der Waals surface area contributed by atoms with Crippen molar-refractivity contribution in [2.24, 2.45) is 0 Å². The van der Waals surface area contributed by atoms with Gasteiger partial charge in [0.25, 0.3) is 5.89 Å². The molecule has 0 amide bonds. The SMILES string of the molecule is c1ccc(-c2nc(C3CCCC3)no2)cc1. The van der Waals surface area contributed by atoms with Crippen LogP contribution >= 0.6 is 0 Å². The second-order valence-electron chi connectivity index (χ2n) is 4.31. The summed E-state index contributed by atoms with van der Waals surface area (Å²) in [5.41, 5.74) is 0.999. The number of nitrogens with zero attached hydrogens (tertiary/aromatic N) is 2. The lowest BCUT2D eigenvalue weighted by Crippen LogP contribution is -1.94. The third-order valence-corrected chi connectivity index (χ3v) is 3.18. The third kappa shape index (κ3) is 1.73. The van der Waals surface area contributed by atoms with Gasteiger partial charge in [0, 0.05) is 11.5 Å². The van der Waals surface area contributed by atoms with Gasteiger partial charge >= 0.3 is 0 Å². The lowest BCUT2D eigenvalue weighted by Gasteiger charge is -1.99. The minimum Gasteiger partial charge on any atom is -0.334 e. The first-order chi connectivity index (χ1) is 7.93. The summed E-state index contributed by atoms with van der Waals surface area (Å²) < 4.78 is 5.30. The summed E-state index contributed by atoms with van der Waals surface area (Å²) >= 11 is 0. The quantitative estimate of drug-likeness (QED) is 0.769. The molecule has 0 unspecified atom stereocenters. The maximum absolute atomic E-state index is 5.30. The Labute approximate surface area is 94.5 Å². The molecule has 1 aliphatic rings. The summed E-state index contributed by atoms with van der Waals surface area (Å²) in [7, 11) is 0. The van der Waals surface area contributed by atoms with Gasteiger partial charge < -0.3 is 4.52 Å². The predicted octanol–water partition coefficient (Wildman–Crippen LogP) is 3.39. The molecule has 3 nitrogen and oxygen atoms in total. The maximum Gasteiger partial charge on any atom is 0.257 e. The van der Waals surface area contributed by atoms with E-state index in [1.54, 1.807) is 0 Å². The van der Waals surface area contributed by atoms with Crippen LogP contribution in [0.5, 0.6) is 0 Å². The molecule has 82 valence electrons. The molecule has 0 bridgehead atoms. The van der Waals surface area contributed by atoms with Crippen molar-refractivity contribution >= 4 is 0 Å². The molecule has 1 aromatic heterocycles. The molecule has 0 aliphatic heterocycles. The molecule has 0 N–H and O–H groups in total. The van der Waals surface area contributed by atoms with Gasteiger partial charge in [-0.15, -0.1) is 0 Å². The molecule has 0 spiro atoms. The first-order valence-electron chi connectivity index (χ1n) is 5.82. The van der Waals surface area contributed by atoms with E-state index in [-0.39, 0.29) is 0 Å². The summed E-state index contributed by atoms with van der Waals surface area (Å²) in [4.78, 5) is 4.48. The van der Waals surface area contributed by atoms with Gasteiger partial charge in [-0.2, -0.15) is 4.98 Å². The zero-order valence-electron chi connectivity index (χ0n) is 9.10. The minimum absolute atomic E-state index is 0.515. The van der Waals surface area contributed by atoms with Gasteiger partial charge in [-0.25, -0.2) is 0 Å². The Kier molecular flexibility index (Phi) is 2.44. The van der Waals surface area contributed by atoms with Crippen LogP contribution in [0, 0.1) is 0 Å². The Morgan fingerprint density at radius 1 is 1.06 bits per heavy atom. The zero-order chi connectivity index (χ0) is 10.8. The van der Waals surface area contributed by atoms with Crippen molar-refractivity contribution in [2.75, 3.05) is 0 Å². The molecule has 1 aliphatic carbocycles. The van der Waals surface area contributed by atoms with Crippen LogP contribution in [0.4, 0.5) is 0 Å². The van der Waals surface area contributed by atoms with Crippen molar-refractivity contribution < 1.29 is 4.52 Å². The van der Waals surface area contributed by atoms with E-state index in [0.29, 0.717) is 11.8 Å². The van der Waals surface area contributed by atoms with E-state index in [0.717, 1.165) is 11.4 Å². The van der Waals surface area contributed by atoms with Gasteiger partial charge in [-0.1, -0.05) is 36.2 Å². The van der Waals surface area contributed by atoms with Gasteiger partial charge in [-0.05, 0) is 25.0 Å². The Bertz CT molecular complexity index is 458. The molecule has 1 saturated carbocycles. The summed E-state index contributed by atoms with van der Waals surface area (Å²) in [6.45, 7) is 0. The van der Waals surface area contributed by atoms with Crippen molar-refractivity contribution in [3.8, 4) is 11.5 Å². The molecular weight excluding hydrogens is 200 g/mol. The fourth-order valence-electron chi connectivity index (χ4n) is 2.28. The van der Waals surface area contributed by atoms with Crippen molar-refractivity contribution in [1.29, 1.82) is 0 Å². The highest BCUT2D eigenvalue weighted by Gasteiger charge is 2.22. The monoisotopic (exact) mass is 214 g/mol. The standard InChI is InChI=1S/C13H14N2O/c1-2-8-11(9-3-1)13-14-12(15-16-13)10-6-4-5-7-10/h1-3,8-10H,4-7H2. The van der Waals surface area contributed by atoms with E-state index in [1.165, 1.54) is 25.7 Å². The number of hydrogen-bond donors (Lipinski definition) is 0. The molecule has 0 radical (unpaired) electrons. The number of aromatic nitrogens is 2. The predicted molar refractivity (Wildman–Crippen MR) is 60.9 cm³/mol. The van der Waals surface area contributed by atoms with E-state index in [4.69, 9.17) is 4.52 Å². The fourth-order valence-corrected chi connectivity index (χ4v) is 2.28. The maximum atomic E-state index is 5.30. The lowest BCUT2D eigenvalue weighted by molar-refractivity contribution is 0.416. The Morgan fingerprint density at radius 3 is 2.56 bits per heavy atom. The summed E-state index contributed by atoms with van der Waals surface area (Å²) in [5.74, 6) is 2.04. The second-order valence-corrected chi connectivity index (χ2v) is 4.31. The molecule has 1 aromatic carbocycles. The van der Waals surface area contributed by atoms with E-state index >= 15 is 0 Å². The molecule has 2 aromatic rings. The number of hydrogen-bond acceptors (Lipinski definition) is 3. The van der Waals surface area contributed by atoms with Gasteiger partial charge in [0.2, 0.25) is 0 Å². The van der Waals surface area contributed by atoms with E-state index < -0.39 is 0 Å². The van der Waals surface area contributed by atoms with Gasteiger partial charge in [-0.3, -0.25) is 0 Å². The van der Waals surface area contributed by atoms with Crippen molar-refractivity contribution in [3.05, 3.63) is 36.2 Å². The first-order valence-corrected chi connectivity index (χ1v) is 5.82. The summed E-state index contributed by atoms with van der Waals surface area (Å²) in [6, 6.07) is 9.93. The normalized spacial score (nSPS) is 16.8. The lowest BCUT2D eigenvalue weighted by atomic mass is 10.1. The van der Waals surface area contributed by atoms with Crippen LogP contribution in [-0.2, 0) is 0 Å². The smallest absolute Gasteiger partial charge is 0.257 e. The van der Waals surface area contributed by atoms with E-state index in [1.807, 2.05) is 30.3 Å². The third-order valence-electron chi connectivity index (χ3n) is 3.18. The molecule has 3 rings (SSSR count). The number of benzene rings is 1. The summed E-state index contributed by atoms with van der Waals surface area (Å²) in [5, 5.41) is 4.09. The first kappa shape index (κ1) is 9.58. The fraction of sp³-hybridized carbons (Fsp3) is 0.385. The van der Waals surface area contributed by atoms with E-state index in [9.17, 15) is 0 Å². The van der Waals surface area contributed by atoms with Gasteiger partial charge in [0.05, 0.1) is 0 Å². The molecule has 0 saturated heterocycles. The highest BCUT2D eigenvalue weighted by Crippen LogP contribution is 2.33. The minimum atomic E-state index is 0.515. The average Bonchev–Trinajstić information content (AvgIpc) is 3.01. The zero-order valence-corrected chi connectivity index (χ0v) is 9.10. The molecule has 1 fully saturated rings. The van der Waals surface area contributed by atoms with Gasteiger partial charge in [0.15, 0.2) is 5.82 Å². The van der Waals surface area contributed by atoms with Crippen molar-refractivity contribution in [3.63, 3.8) is 0 Å². The molecule has 0 atom stereocenters. The second kappa shape index (κ2) is 4.08. The van der Waals surface area contributed by atoms with Crippen LogP contribution in [0.15, 0.2) is 34.9 Å². The van der Waals surface area contributed by atoms with Crippen LogP contribution < -0.4 is 0 Å². The largest absolute Gasteiger partial charge is 0.334 e.